The van der Waals surface area contributed by atoms with E-state index in [0.29, 0.717) is 23.0 Å². The Labute approximate surface area is 130 Å². The van der Waals surface area contributed by atoms with Crippen molar-refractivity contribution >= 4 is 17.0 Å². The molecule has 9 heteroatoms. The second kappa shape index (κ2) is 5.22. The lowest BCUT2D eigenvalue weighted by atomic mass is 10.1. The average Bonchev–Trinajstić information content (AvgIpc) is 3.21. The lowest BCUT2D eigenvalue weighted by Crippen LogP contribution is -2.30. The van der Waals surface area contributed by atoms with E-state index in [9.17, 15) is 19.7 Å². The maximum absolute atomic E-state index is 14.5. The van der Waals surface area contributed by atoms with Crippen LogP contribution < -0.4 is 5.32 Å². The highest BCUT2D eigenvalue weighted by atomic mass is 19.1. The van der Waals surface area contributed by atoms with Crippen LogP contribution in [-0.4, -0.2) is 59.7 Å². The number of anilines is 1. The van der Waals surface area contributed by atoms with E-state index in [-0.39, 0.29) is 5.57 Å². The first-order chi connectivity index (χ1) is 11.1. The third kappa shape index (κ3) is 2.19. The molecule has 0 spiro atoms. The molecule has 1 saturated carbocycles. The first-order valence-corrected chi connectivity index (χ1v) is 7.41. The zero-order chi connectivity index (χ0) is 16.1. The normalized spacial score (nSPS) is 27.9. The summed E-state index contributed by atoms with van der Waals surface area (Å²) in [6, 6.07) is -0.796. The van der Waals surface area contributed by atoms with E-state index in [1.54, 1.807) is 0 Å². The van der Waals surface area contributed by atoms with Gasteiger partial charge in [-0.2, -0.15) is 0 Å². The molecule has 4 rings (SSSR count). The van der Waals surface area contributed by atoms with Gasteiger partial charge in [0.25, 0.3) is 0 Å². The SMILES string of the molecule is OCC1=C(F)[C@@H](n2cnc3c(NC4CC4)ncnc32)[C@H](O)[C@@H]1O. The van der Waals surface area contributed by atoms with Crippen LogP contribution in [0.25, 0.3) is 11.2 Å². The van der Waals surface area contributed by atoms with Crippen LogP contribution in [0.5, 0.6) is 0 Å². The van der Waals surface area contributed by atoms with Crippen molar-refractivity contribution in [2.24, 2.45) is 0 Å². The first kappa shape index (κ1) is 14.5. The highest BCUT2D eigenvalue weighted by molar-refractivity contribution is 5.83. The number of aliphatic hydroxyl groups is 3. The van der Waals surface area contributed by atoms with Crippen molar-refractivity contribution in [2.45, 2.75) is 37.1 Å². The van der Waals surface area contributed by atoms with E-state index < -0.39 is 30.7 Å². The number of halogens is 1. The third-order valence-corrected chi connectivity index (χ3v) is 4.32. The number of fused-ring (bicyclic) bond motifs is 1. The topological polar surface area (TPSA) is 116 Å². The molecule has 1 fully saturated rings. The van der Waals surface area contributed by atoms with Crippen LogP contribution in [0.3, 0.4) is 0 Å². The van der Waals surface area contributed by atoms with Crippen molar-refractivity contribution in [3.63, 3.8) is 0 Å². The third-order valence-electron chi connectivity index (χ3n) is 4.32. The fourth-order valence-corrected chi connectivity index (χ4v) is 2.90. The van der Waals surface area contributed by atoms with Crippen LogP contribution in [0.1, 0.15) is 18.9 Å². The maximum atomic E-state index is 14.5. The van der Waals surface area contributed by atoms with Crippen LogP contribution in [-0.2, 0) is 0 Å². The van der Waals surface area contributed by atoms with E-state index in [0.717, 1.165) is 12.8 Å². The quantitative estimate of drug-likeness (QED) is 0.621. The average molecular weight is 321 g/mol. The summed E-state index contributed by atoms with van der Waals surface area (Å²) in [5.41, 5.74) is 0.620. The second-order valence-electron chi connectivity index (χ2n) is 5.88. The molecule has 3 atom stereocenters. The Bertz CT molecular complexity index is 788. The zero-order valence-corrected chi connectivity index (χ0v) is 12.1. The van der Waals surface area contributed by atoms with Crippen molar-refractivity contribution in [3.05, 3.63) is 24.1 Å². The molecule has 0 bridgehead atoms. The Morgan fingerprint density at radius 3 is 2.70 bits per heavy atom. The van der Waals surface area contributed by atoms with Gasteiger partial charge < -0.3 is 25.2 Å². The first-order valence-electron chi connectivity index (χ1n) is 7.41. The smallest absolute Gasteiger partial charge is 0.166 e. The Balaban J connectivity index is 1.79. The van der Waals surface area contributed by atoms with Gasteiger partial charge in [-0.1, -0.05) is 0 Å². The minimum Gasteiger partial charge on any atom is -0.392 e. The molecule has 0 unspecified atom stereocenters. The largest absolute Gasteiger partial charge is 0.392 e. The van der Waals surface area contributed by atoms with Gasteiger partial charge in [0.1, 0.15) is 35.9 Å². The highest BCUT2D eigenvalue weighted by Crippen LogP contribution is 2.39. The fraction of sp³-hybridized carbons (Fsp3) is 0.500. The van der Waals surface area contributed by atoms with Gasteiger partial charge in [0.05, 0.1) is 12.9 Å². The standard InChI is InChI=1S/C14H16FN5O3/c15-8-7(3-21)11(22)12(23)10(8)20-5-18-9-13(19-6-1-2-6)16-4-17-14(9)20/h4-6,10-12,21-23H,1-3H2,(H,16,17,19)/t10-,11-,12+/m1/s1. The second-order valence-corrected chi connectivity index (χ2v) is 5.88. The number of nitrogens with zero attached hydrogens (tertiary/aromatic N) is 4. The molecule has 8 nitrogen and oxygen atoms in total. The van der Waals surface area contributed by atoms with Gasteiger partial charge in [-0.3, -0.25) is 0 Å². The molecular formula is C14H16FN5O3. The summed E-state index contributed by atoms with van der Waals surface area (Å²) < 4.78 is 15.8. The van der Waals surface area contributed by atoms with Crippen LogP contribution in [0.15, 0.2) is 24.1 Å². The lowest BCUT2D eigenvalue weighted by Gasteiger charge is -2.19. The molecule has 2 heterocycles. The molecule has 2 aliphatic rings. The number of aromatic nitrogens is 4. The molecule has 4 N–H and O–H groups in total. The predicted molar refractivity (Wildman–Crippen MR) is 78.2 cm³/mol. The molecular weight excluding hydrogens is 305 g/mol. The van der Waals surface area contributed by atoms with Crippen LogP contribution in [0.4, 0.5) is 10.2 Å². The summed E-state index contributed by atoms with van der Waals surface area (Å²) >= 11 is 0. The molecule has 0 radical (unpaired) electrons. The minimum absolute atomic E-state index is 0.213. The lowest BCUT2D eigenvalue weighted by molar-refractivity contribution is 0.0262. The van der Waals surface area contributed by atoms with Crippen LogP contribution >= 0.6 is 0 Å². The van der Waals surface area contributed by atoms with Crippen molar-refractivity contribution in [1.29, 1.82) is 0 Å². The Kier molecular flexibility index (Phi) is 3.29. The number of aliphatic hydroxyl groups excluding tert-OH is 3. The molecule has 2 aliphatic carbocycles. The summed E-state index contributed by atoms with van der Waals surface area (Å²) in [5, 5.41) is 32.4. The van der Waals surface area contributed by atoms with E-state index in [1.807, 2.05) is 0 Å². The summed E-state index contributed by atoms with van der Waals surface area (Å²) in [6.07, 6.45) is 1.97. The summed E-state index contributed by atoms with van der Waals surface area (Å²) in [5.74, 6) is -0.196. The number of nitrogens with one attached hydrogen (secondary N) is 1. The monoisotopic (exact) mass is 321 g/mol. The van der Waals surface area contributed by atoms with Gasteiger partial charge in [-0.05, 0) is 12.8 Å². The van der Waals surface area contributed by atoms with Gasteiger partial charge >= 0.3 is 0 Å². The number of hydrogen-bond acceptors (Lipinski definition) is 7. The molecule has 0 saturated heterocycles. The molecule has 0 aliphatic heterocycles. The molecule has 2 aromatic rings. The summed E-state index contributed by atoms with van der Waals surface area (Å²) in [6.45, 7) is -0.656. The molecule has 0 amide bonds. The van der Waals surface area contributed by atoms with E-state index in [2.05, 4.69) is 20.3 Å². The highest BCUT2D eigenvalue weighted by Gasteiger charge is 2.43. The van der Waals surface area contributed by atoms with Gasteiger partial charge in [0, 0.05) is 11.6 Å². The minimum atomic E-state index is -1.45. The Hall–Kier alpha value is -2.10. The Morgan fingerprint density at radius 1 is 1.26 bits per heavy atom. The van der Waals surface area contributed by atoms with Crippen molar-refractivity contribution < 1.29 is 19.7 Å². The van der Waals surface area contributed by atoms with Crippen LogP contribution in [0.2, 0.25) is 0 Å². The Morgan fingerprint density at radius 2 is 2.04 bits per heavy atom. The molecule has 122 valence electrons. The van der Waals surface area contributed by atoms with Crippen LogP contribution in [0, 0.1) is 0 Å². The number of hydrogen-bond donors (Lipinski definition) is 4. The molecule has 0 aromatic carbocycles. The van der Waals surface area contributed by atoms with E-state index in [1.165, 1.54) is 17.2 Å². The van der Waals surface area contributed by atoms with Crippen molar-refractivity contribution in [1.82, 2.24) is 19.5 Å². The summed E-state index contributed by atoms with van der Waals surface area (Å²) in [4.78, 5) is 12.5. The zero-order valence-electron chi connectivity index (χ0n) is 12.1. The van der Waals surface area contributed by atoms with Gasteiger partial charge in [-0.25, -0.2) is 19.3 Å². The number of imidazole rings is 1. The predicted octanol–water partition coefficient (Wildman–Crippen LogP) is -0.107. The molecule has 2 aromatic heterocycles. The van der Waals surface area contributed by atoms with Gasteiger partial charge in [0.2, 0.25) is 0 Å². The van der Waals surface area contributed by atoms with Crippen molar-refractivity contribution in [3.8, 4) is 0 Å². The maximum Gasteiger partial charge on any atom is 0.166 e. The fourth-order valence-electron chi connectivity index (χ4n) is 2.90. The van der Waals surface area contributed by atoms with Gasteiger partial charge in [0.15, 0.2) is 11.5 Å². The van der Waals surface area contributed by atoms with E-state index >= 15 is 0 Å². The molecule has 23 heavy (non-hydrogen) atoms. The van der Waals surface area contributed by atoms with E-state index in [4.69, 9.17) is 0 Å². The van der Waals surface area contributed by atoms with Crippen molar-refractivity contribution in [2.75, 3.05) is 11.9 Å². The number of rotatable bonds is 4. The van der Waals surface area contributed by atoms with Gasteiger partial charge in [-0.15, -0.1) is 0 Å². The summed E-state index contributed by atoms with van der Waals surface area (Å²) in [7, 11) is 0.